The van der Waals surface area contributed by atoms with E-state index in [4.69, 9.17) is 0 Å². The number of likely N-dealkylation sites (tertiary alicyclic amines) is 1. The van der Waals surface area contributed by atoms with Crippen LogP contribution in [-0.4, -0.2) is 37.1 Å². The highest BCUT2D eigenvalue weighted by atomic mass is 15.1. The van der Waals surface area contributed by atoms with Crippen LogP contribution in [0, 0.1) is 0 Å². The lowest BCUT2D eigenvalue weighted by Crippen LogP contribution is -2.30. The lowest BCUT2D eigenvalue weighted by atomic mass is 10.1. The zero-order valence-corrected chi connectivity index (χ0v) is 8.47. The molecule has 1 rings (SSSR count). The van der Waals surface area contributed by atoms with Crippen molar-refractivity contribution in [3.63, 3.8) is 0 Å². The first kappa shape index (κ1) is 10.0. The molecule has 1 aliphatic rings. The minimum Gasteiger partial charge on any atom is -0.314 e. The number of rotatable bonds is 3. The maximum absolute atomic E-state index is 3.54. The molecule has 2 nitrogen and oxygen atoms in total. The van der Waals surface area contributed by atoms with Gasteiger partial charge in [-0.25, -0.2) is 0 Å². The Labute approximate surface area is 76.3 Å². The summed E-state index contributed by atoms with van der Waals surface area (Å²) < 4.78 is 0. The van der Waals surface area contributed by atoms with Crippen LogP contribution in [0.5, 0.6) is 0 Å². The Morgan fingerprint density at radius 3 is 2.75 bits per heavy atom. The Morgan fingerprint density at radius 1 is 1.25 bits per heavy atom. The Morgan fingerprint density at radius 2 is 2.08 bits per heavy atom. The first-order valence-electron chi connectivity index (χ1n) is 5.32. The molecule has 0 spiro atoms. The predicted octanol–water partition coefficient (Wildman–Crippen LogP) is 1.47. The van der Waals surface area contributed by atoms with Gasteiger partial charge in [-0.1, -0.05) is 13.8 Å². The van der Waals surface area contributed by atoms with Crippen LogP contribution < -0.4 is 5.32 Å². The third-order valence-corrected chi connectivity index (χ3v) is 2.76. The van der Waals surface area contributed by atoms with E-state index in [2.05, 4.69) is 24.1 Å². The van der Waals surface area contributed by atoms with E-state index >= 15 is 0 Å². The molecule has 0 bridgehead atoms. The Bertz CT molecular complexity index is 114. The minimum absolute atomic E-state index is 0.784. The highest BCUT2D eigenvalue weighted by molar-refractivity contribution is 4.73. The maximum Gasteiger partial charge on any atom is 0.00795 e. The van der Waals surface area contributed by atoms with Crippen molar-refractivity contribution in [3.8, 4) is 0 Å². The van der Waals surface area contributed by atoms with E-state index in [1.54, 1.807) is 0 Å². The predicted molar refractivity (Wildman–Crippen MR) is 53.4 cm³/mol. The van der Waals surface area contributed by atoms with Crippen LogP contribution >= 0.6 is 0 Å². The second kappa shape index (κ2) is 5.55. The van der Waals surface area contributed by atoms with Crippen molar-refractivity contribution in [1.82, 2.24) is 10.2 Å². The number of nitrogens with zero attached hydrogens (tertiary/aromatic N) is 1. The van der Waals surface area contributed by atoms with Gasteiger partial charge in [0.15, 0.2) is 0 Å². The smallest absolute Gasteiger partial charge is 0.00795 e. The van der Waals surface area contributed by atoms with Gasteiger partial charge in [0.25, 0.3) is 0 Å². The van der Waals surface area contributed by atoms with Crippen molar-refractivity contribution in [1.29, 1.82) is 0 Å². The first-order valence-corrected chi connectivity index (χ1v) is 5.32. The van der Waals surface area contributed by atoms with Crippen molar-refractivity contribution in [2.24, 2.45) is 0 Å². The van der Waals surface area contributed by atoms with Crippen molar-refractivity contribution in [2.45, 2.75) is 39.2 Å². The SMILES string of the molecule is CCNC1CCCN(CC)CC1. The highest BCUT2D eigenvalue weighted by Crippen LogP contribution is 2.10. The van der Waals surface area contributed by atoms with Gasteiger partial charge in [-0.2, -0.15) is 0 Å². The Kier molecular flexibility index (Phi) is 4.62. The van der Waals surface area contributed by atoms with E-state index in [1.807, 2.05) is 0 Å². The molecule has 0 radical (unpaired) electrons. The van der Waals surface area contributed by atoms with Crippen LogP contribution in [0.2, 0.25) is 0 Å². The molecule has 1 aliphatic heterocycles. The third-order valence-electron chi connectivity index (χ3n) is 2.76. The molecule has 0 saturated carbocycles. The molecule has 2 heteroatoms. The highest BCUT2D eigenvalue weighted by Gasteiger charge is 2.14. The van der Waals surface area contributed by atoms with Crippen LogP contribution in [-0.2, 0) is 0 Å². The summed E-state index contributed by atoms with van der Waals surface area (Å²) in [6.07, 6.45) is 4.07. The maximum atomic E-state index is 3.54. The molecule has 1 unspecified atom stereocenters. The normalized spacial score (nSPS) is 27.0. The zero-order valence-electron chi connectivity index (χ0n) is 8.47. The summed E-state index contributed by atoms with van der Waals surface area (Å²) in [5.74, 6) is 0. The summed E-state index contributed by atoms with van der Waals surface area (Å²) >= 11 is 0. The minimum atomic E-state index is 0.784. The quantitative estimate of drug-likeness (QED) is 0.690. The molecule has 1 saturated heterocycles. The monoisotopic (exact) mass is 170 g/mol. The molecule has 72 valence electrons. The van der Waals surface area contributed by atoms with Crippen LogP contribution in [0.3, 0.4) is 0 Å². The number of nitrogens with one attached hydrogen (secondary N) is 1. The van der Waals surface area contributed by atoms with Gasteiger partial charge in [0.2, 0.25) is 0 Å². The molecular formula is C10H22N2. The fourth-order valence-corrected chi connectivity index (χ4v) is 1.96. The van der Waals surface area contributed by atoms with E-state index < -0.39 is 0 Å². The first-order chi connectivity index (χ1) is 5.86. The standard InChI is InChI=1S/C10H22N2/c1-3-11-10-6-5-8-12(4-2)9-7-10/h10-11H,3-9H2,1-2H3. The van der Waals surface area contributed by atoms with Gasteiger partial charge in [0.05, 0.1) is 0 Å². The van der Waals surface area contributed by atoms with E-state index in [0.29, 0.717) is 0 Å². The van der Waals surface area contributed by atoms with Gasteiger partial charge in [-0.15, -0.1) is 0 Å². The summed E-state index contributed by atoms with van der Waals surface area (Å²) in [5.41, 5.74) is 0. The summed E-state index contributed by atoms with van der Waals surface area (Å²) in [6, 6.07) is 0.784. The van der Waals surface area contributed by atoms with E-state index in [-0.39, 0.29) is 0 Å². The van der Waals surface area contributed by atoms with Gasteiger partial charge in [0, 0.05) is 6.04 Å². The molecule has 0 aromatic carbocycles. The Balaban J connectivity index is 2.24. The molecule has 0 aliphatic carbocycles. The topological polar surface area (TPSA) is 15.3 Å². The summed E-state index contributed by atoms with van der Waals surface area (Å²) in [6.45, 7) is 9.39. The van der Waals surface area contributed by atoms with Crippen LogP contribution in [0.1, 0.15) is 33.1 Å². The van der Waals surface area contributed by atoms with Crippen molar-refractivity contribution < 1.29 is 0 Å². The van der Waals surface area contributed by atoms with Crippen LogP contribution in [0.25, 0.3) is 0 Å². The fraction of sp³-hybridized carbons (Fsp3) is 1.00. The Hall–Kier alpha value is -0.0800. The van der Waals surface area contributed by atoms with Gasteiger partial charge in [0.1, 0.15) is 0 Å². The summed E-state index contributed by atoms with van der Waals surface area (Å²) in [7, 11) is 0. The van der Waals surface area contributed by atoms with Gasteiger partial charge < -0.3 is 10.2 Å². The molecule has 1 N–H and O–H groups in total. The van der Waals surface area contributed by atoms with E-state index in [9.17, 15) is 0 Å². The van der Waals surface area contributed by atoms with Gasteiger partial charge in [-0.3, -0.25) is 0 Å². The second-order valence-corrected chi connectivity index (χ2v) is 3.62. The molecule has 0 amide bonds. The molecule has 12 heavy (non-hydrogen) atoms. The largest absolute Gasteiger partial charge is 0.314 e. The summed E-state index contributed by atoms with van der Waals surface area (Å²) in [5, 5.41) is 3.54. The van der Waals surface area contributed by atoms with Gasteiger partial charge in [-0.05, 0) is 45.4 Å². The molecule has 1 fully saturated rings. The van der Waals surface area contributed by atoms with Crippen molar-refractivity contribution >= 4 is 0 Å². The van der Waals surface area contributed by atoms with Crippen molar-refractivity contribution in [2.75, 3.05) is 26.2 Å². The summed E-state index contributed by atoms with van der Waals surface area (Å²) in [4.78, 5) is 2.55. The molecule has 1 atom stereocenters. The van der Waals surface area contributed by atoms with Gasteiger partial charge >= 0.3 is 0 Å². The fourth-order valence-electron chi connectivity index (χ4n) is 1.96. The number of hydrogen-bond donors (Lipinski definition) is 1. The second-order valence-electron chi connectivity index (χ2n) is 3.62. The lowest BCUT2D eigenvalue weighted by Gasteiger charge is -2.17. The molecular weight excluding hydrogens is 148 g/mol. The van der Waals surface area contributed by atoms with Crippen molar-refractivity contribution in [3.05, 3.63) is 0 Å². The molecule has 0 aromatic rings. The van der Waals surface area contributed by atoms with Crippen LogP contribution in [0.15, 0.2) is 0 Å². The van der Waals surface area contributed by atoms with Crippen LogP contribution in [0.4, 0.5) is 0 Å². The number of hydrogen-bond acceptors (Lipinski definition) is 2. The molecule has 0 aromatic heterocycles. The zero-order chi connectivity index (χ0) is 8.81. The third kappa shape index (κ3) is 3.11. The average molecular weight is 170 g/mol. The lowest BCUT2D eigenvalue weighted by molar-refractivity contribution is 0.297. The van der Waals surface area contributed by atoms with E-state index in [0.717, 1.165) is 12.6 Å². The average Bonchev–Trinajstić information content (AvgIpc) is 2.31. The van der Waals surface area contributed by atoms with E-state index in [1.165, 1.54) is 38.9 Å². The molecule has 1 heterocycles.